The Hall–Kier alpha value is -2.93. The van der Waals surface area contributed by atoms with Gasteiger partial charge in [-0.05, 0) is 18.2 Å². The quantitative estimate of drug-likeness (QED) is 0.697. The zero-order valence-electron chi connectivity index (χ0n) is 14.0. The van der Waals surface area contributed by atoms with Crippen LogP contribution in [0.3, 0.4) is 0 Å². The van der Waals surface area contributed by atoms with E-state index in [0.29, 0.717) is 30.5 Å². The van der Waals surface area contributed by atoms with E-state index in [1.165, 1.54) is 35.0 Å². The molecule has 2 heterocycles. The second-order valence-electron chi connectivity index (χ2n) is 6.00. The topological polar surface area (TPSA) is 119 Å². The fourth-order valence-corrected chi connectivity index (χ4v) is 4.31. The van der Waals surface area contributed by atoms with E-state index in [1.54, 1.807) is 6.07 Å². The molecule has 1 aromatic carbocycles. The molecule has 1 fully saturated rings. The summed E-state index contributed by atoms with van der Waals surface area (Å²) in [6, 6.07) is 5.80. The molecule has 0 atom stereocenters. The Bertz CT molecular complexity index is 942. The standard InChI is InChI=1S/C16H16N4O5S/c1-18-16(23)12-3-2-11(10-13(12)26(18,24)25)15(22)20-8-6-19(7-9-20)14(21)4-5-17/h2-3,10H,4,6-9H2,1H3. The van der Waals surface area contributed by atoms with Crippen molar-refractivity contribution >= 4 is 27.7 Å². The van der Waals surface area contributed by atoms with Crippen molar-refractivity contribution < 1.29 is 22.8 Å². The highest BCUT2D eigenvalue weighted by Crippen LogP contribution is 2.30. The van der Waals surface area contributed by atoms with Gasteiger partial charge in [-0.25, -0.2) is 12.7 Å². The average molecular weight is 376 g/mol. The maximum absolute atomic E-state index is 12.7. The average Bonchev–Trinajstić information content (AvgIpc) is 2.82. The molecule has 0 aromatic heterocycles. The van der Waals surface area contributed by atoms with E-state index in [9.17, 15) is 22.8 Å². The lowest BCUT2D eigenvalue weighted by atomic mass is 10.1. The van der Waals surface area contributed by atoms with Crippen LogP contribution in [0.15, 0.2) is 23.1 Å². The number of benzene rings is 1. The molecule has 0 unspecified atom stereocenters. The SMILES string of the molecule is CN1C(=O)c2ccc(C(=O)N3CCN(C(=O)CC#N)CC3)cc2S1(=O)=O. The highest BCUT2D eigenvalue weighted by molar-refractivity contribution is 7.90. The normalized spacial score (nSPS) is 18.5. The molecule has 9 nitrogen and oxygen atoms in total. The number of fused-ring (bicyclic) bond motifs is 1. The molecular weight excluding hydrogens is 360 g/mol. The van der Waals surface area contributed by atoms with Crippen LogP contribution >= 0.6 is 0 Å². The number of nitriles is 1. The first-order valence-corrected chi connectivity index (χ1v) is 9.32. The van der Waals surface area contributed by atoms with E-state index >= 15 is 0 Å². The minimum absolute atomic E-state index is 0.0518. The summed E-state index contributed by atoms with van der Waals surface area (Å²) in [5.41, 5.74) is 0.225. The van der Waals surface area contributed by atoms with Crippen molar-refractivity contribution in [2.45, 2.75) is 11.3 Å². The lowest BCUT2D eigenvalue weighted by molar-refractivity contribution is -0.131. The monoisotopic (exact) mass is 376 g/mol. The Morgan fingerprint density at radius 2 is 1.77 bits per heavy atom. The van der Waals surface area contributed by atoms with Gasteiger partial charge in [0.25, 0.3) is 21.8 Å². The van der Waals surface area contributed by atoms with Crippen LogP contribution in [0.4, 0.5) is 0 Å². The minimum Gasteiger partial charge on any atom is -0.338 e. The number of sulfonamides is 1. The van der Waals surface area contributed by atoms with Crippen molar-refractivity contribution in [1.29, 1.82) is 5.26 Å². The van der Waals surface area contributed by atoms with Gasteiger partial charge in [0.1, 0.15) is 11.3 Å². The molecule has 10 heteroatoms. The molecule has 0 bridgehead atoms. The van der Waals surface area contributed by atoms with Gasteiger partial charge in [0, 0.05) is 38.8 Å². The summed E-state index contributed by atoms with van der Waals surface area (Å²) in [5, 5.41) is 8.57. The second-order valence-corrected chi connectivity index (χ2v) is 7.93. The van der Waals surface area contributed by atoms with Gasteiger partial charge < -0.3 is 9.80 Å². The number of rotatable bonds is 2. The summed E-state index contributed by atoms with van der Waals surface area (Å²) in [4.78, 5) is 39.2. The number of nitrogens with zero attached hydrogens (tertiary/aromatic N) is 4. The highest BCUT2D eigenvalue weighted by Gasteiger charge is 2.39. The molecule has 1 aromatic rings. The summed E-state index contributed by atoms with van der Waals surface area (Å²) in [6.07, 6.45) is -0.196. The number of piperazine rings is 1. The third-order valence-electron chi connectivity index (χ3n) is 4.53. The summed E-state index contributed by atoms with van der Waals surface area (Å²) in [7, 11) is -2.74. The molecule has 0 aliphatic carbocycles. The third kappa shape index (κ3) is 2.80. The lowest BCUT2D eigenvalue weighted by Gasteiger charge is -2.34. The first-order chi connectivity index (χ1) is 12.3. The van der Waals surface area contributed by atoms with Crippen molar-refractivity contribution in [3.63, 3.8) is 0 Å². The smallest absolute Gasteiger partial charge is 0.268 e. The van der Waals surface area contributed by atoms with E-state index in [1.807, 2.05) is 0 Å². The molecule has 3 rings (SSSR count). The number of carbonyl (C=O) groups excluding carboxylic acids is 3. The van der Waals surface area contributed by atoms with Gasteiger partial charge in [0.05, 0.1) is 11.6 Å². The lowest BCUT2D eigenvalue weighted by Crippen LogP contribution is -2.50. The number of amides is 3. The van der Waals surface area contributed by atoms with Crippen LogP contribution < -0.4 is 0 Å². The van der Waals surface area contributed by atoms with Crippen molar-refractivity contribution in [2.24, 2.45) is 0 Å². The highest BCUT2D eigenvalue weighted by atomic mass is 32.2. The van der Waals surface area contributed by atoms with Crippen molar-refractivity contribution in [3.8, 4) is 6.07 Å². The number of carbonyl (C=O) groups is 3. The van der Waals surface area contributed by atoms with Crippen molar-refractivity contribution in [3.05, 3.63) is 29.3 Å². The van der Waals surface area contributed by atoms with E-state index in [4.69, 9.17) is 5.26 Å². The molecule has 1 saturated heterocycles. The van der Waals surface area contributed by atoms with Crippen LogP contribution in [0.25, 0.3) is 0 Å². The van der Waals surface area contributed by atoms with E-state index in [-0.39, 0.29) is 34.3 Å². The molecule has 0 spiro atoms. The van der Waals surface area contributed by atoms with E-state index < -0.39 is 15.9 Å². The van der Waals surface area contributed by atoms with Gasteiger partial charge in [-0.15, -0.1) is 0 Å². The first-order valence-electron chi connectivity index (χ1n) is 7.88. The zero-order valence-corrected chi connectivity index (χ0v) is 14.8. The van der Waals surface area contributed by atoms with Gasteiger partial charge in [-0.3, -0.25) is 14.4 Å². The van der Waals surface area contributed by atoms with Gasteiger partial charge in [0.2, 0.25) is 5.91 Å². The van der Waals surface area contributed by atoms with Crippen LogP contribution in [0.5, 0.6) is 0 Å². The molecule has 2 aliphatic heterocycles. The Balaban J connectivity index is 1.77. The van der Waals surface area contributed by atoms with Crippen LogP contribution in [-0.2, 0) is 14.8 Å². The van der Waals surface area contributed by atoms with Gasteiger partial charge in [-0.2, -0.15) is 5.26 Å². The van der Waals surface area contributed by atoms with Crippen LogP contribution in [0, 0.1) is 11.3 Å². The summed E-state index contributed by atoms with van der Waals surface area (Å²) >= 11 is 0. The Kier molecular flexibility index (Phi) is 4.41. The second kappa shape index (κ2) is 6.42. The van der Waals surface area contributed by atoms with Gasteiger partial charge in [-0.1, -0.05) is 0 Å². The van der Waals surface area contributed by atoms with Crippen molar-refractivity contribution in [1.82, 2.24) is 14.1 Å². The molecule has 136 valence electrons. The largest absolute Gasteiger partial charge is 0.338 e. The fraction of sp³-hybridized carbons (Fsp3) is 0.375. The van der Waals surface area contributed by atoms with Gasteiger partial charge >= 0.3 is 0 Å². The summed E-state index contributed by atoms with van der Waals surface area (Å²) in [6.45, 7) is 1.21. The molecule has 3 amide bonds. The molecule has 26 heavy (non-hydrogen) atoms. The third-order valence-corrected chi connectivity index (χ3v) is 6.31. The van der Waals surface area contributed by atoms with Crippen LogP contribution in [0.2, 0.25) is 0 Å². The van der Waals surface area contributed by atoms with E-state index in [2.05, 4.69) is 0 Å². The Labute approximate surface area is 150 Å². The predicted octanol–water partition coefficient (Wildman–Crippen LogP) is -0.341. The first kappa shape index (κ1) is 17.9. The van der Waals surface area contributed by atoms with Gasteiger partial charge in [0.15, 0.2) is 0 Å². The molecule has 0 N–H and O–H groups in total. The van der Waals surface area contributed by atoms with Crippen molar-refractivity contribution in [2.75, 3.05) is 33.2 Å². The predicted molar refractivity (Wildman–Crippen MR) is 88.4 cm³/mol. The molecule has 2 aliphatic rings. The van der Waals surface area contributed by atoms with E-state index in [0.717, 1.165) is 0 Å². The molecule has 0 saturated carbocycles. The number of hydrogen-bond donors (Lipinski definition) is 0. The zero-order chi connectivity index (χ0) is 19.1. The minimum atomic E-state index is -3.92. The molecule has 0 radical (unpaired) electrons. The van der Waals surface area contributed by atoms with Crippen LogP contribution in [-0.4, -0.2) is 73.5 Å². The summed E-state index contributed by atoms with van der Waals surface area (Å²) in [5.74, 6) is -1.26. The maximum Gasteiger partial charge on any atom is 0.268 e. The molecular formula is C16H16N4O5S. The number of hydrogen-bond acceptors (Lipinski definition) is 6. The Morgan fingerprint density at radius 3 is 2.38 bits per heavy atom. The Morgan fingerprint density at radius 1 is 1.15 bits per heavy atom. The van der Waals surface area contributed by atoms with Crippen LogP contribution in [0.1, 0.15) is 27.1 Å². The summed E-state index contributed by atoms with van der Waals surface area (Å²) < 4.78 is 25.1. The fourth-order valence-electron chi connectivity index (χ4n) is 2.99. The maximum atomic E-state index is 12.7.